The van der Waals surface area contributed by atoms with Crippen molar-refractivity contribution in [2.45, 2.75) is 43.5 Å². The Morgan fingerprint density at radius 2 is 1.72 bits per heavy atom. The fourth-order valence-electron chi connectivity index (χ4n) is 3.00. The Bertz CT molecular complexity index is 842. The summed E-state index contributed by atoms with van der Waals surface area (Å²) in [4.78, 5) is 12.6. The molecule has 0 saturated carbocycles. The first-order valence-electron chi connectivity index (χ1n) is 8.26. The van der Waals surface area contributed by atoms with Crippen molar-refractivity contribution >= 4 is 15.7 Å². The van der Waals surface area contributed by atoms with Crippen molar-refractivity contribution in [2.24, 2.45) is 0 Å². The molecule has 0 saturated heterocycles. The van der Waals surface area contributed by atoms with Gasteiger partial charge in [-0.3, -0.25) is 4.79 Å². The summed E-state index contributed by atoms with van der Waals surface area (Å²) in [6, 6.07) is 16.3. The van der Waals surface area contributed by atoms with Crippen LogP contribution >= 0.6 is 0 Å². The minimum Gasteiger partial charge on any atom is -0.350 e. The van der Waals surface area contributed by atoms with E-state index in [0.717, 1.165) is 12.7 Å². The summed E-state index contributed by atoms with van der Waals surface area (Å²) in [6.45, 7) is 6.26. The van der Waals surface area contributed by atoms with Gasteiger partial charge in [0, 0.05) is 17.9 Å². The van der Waals surface area contributed by atoms with E-state index in [0.29, 0.717) is 5.56 Å². The maximum atomic E-state index is 12.5. The summed E-state index contributed by atoms with van der Waals surface area (Å²) in [5, 5.41) is 2.97. The van der Waals surface area contributed by atoms with Gasteiger partial charge in [-0.1, -0.05) is 50.2 Å². The second-order valence-electron chi connectivity index (χ2n) is 7.13. The Hall–Kier alpha value is -2.14. The average Bonchev–Trinajstić information content (AvgIpc) is 2.54. The van der Waals surface area contributed by atoms with Gasteiger partial charge in [-0.2, -0.15) is 0 Å². The van der Waals surface area contributed by atoms with Crippen molar-refractivity contribution in [3.63, 3.8) is 0 Å². The molecule has 0 bridgehead atoms. The van der Waals surface area contributed by atoms with Crippen LogP contribution in [0.2, 0.25) is 0 Å². The average molecular weight is 359 g/mol. The van der Waals surface area contributed by atoms with Gasteiger partial charge in [0.1, 0.15) is 0 Å². The third-order valence-electron chi connectivity index (χ3n) is 4.27. The minimum absolute atomic E-state index is 0.0513. The number of nitrogens with one attached hydrogen (secondary N) is 1. The Labute approximate surface area is 150 Å². The summed E-state index contributed by atoms with van der Waals surface area (Å²) in [5.41, 5.74) is 1.49. The summed E-state index contributed by atoms with van der Waals surface area (Å²) < 4.78 is 23.3. The maximum absolute atomic E-state index is 12.5. The first-order chi connectivity index (χ1) is 11.6. The van der Waals surface area contributed by atoms with E-state index < -0.39 is 9.84 Å². The fourth-order valence-corrected chi connectivity index (χ4v) is 3.67. The second-order valence-corrected chi connectivity index (χ2v) is 9.14. The van der Waals surface area contributed by atoms with Crippen LogP contribution in [0, 0.1) is 0 Å². The third-order valence-corrected chi connectivity index (χ3v) is 5.38. The van der Waals surface area contributed by atoms with Gasteiger partial charge in [0.25, 0.3) is 5.91 Å². The van der Waals surface area contributed by atoms with Crippen LogP contribution < -0.4 is 5.32 Å². The first-order valence-corrected chi connectivity index (χ1v) is 10.2. The molecule has 0 aliphatic rings. The van der Waals surface area contributed by atoms with Gasteiger partial charge >= 0.3 is 0 Å². The summed E-state index contributed by atoms with van der Waals surface area (Å²) >= 11 is 0. The van der Waals surface area contributed by atoms with Crippen LogP contribution in [-0.2, 0) is 15.3 Å². The van der Waals surface area contributed by atoms with Crippen LogP contribution in [0.5, 0.6) is 0 Å². The van der Waals surface area contributed by atoms with E-state index in [4.69, 9.17) is 0 Å². The van der Waals surface area contributed by atoms with Crippen molar-refractivity contribution < 1.29 is 13.2 Å². The Kier molecular flexibility index (Phi) is 5.68. The molecule has 1 atom stereocenters. The second kappa shape index (κ2) is 7.40. The van der Waals surface area contributed by atoms with E-state index in [1.165, 1.54) is 17.7 Å². The van der Waals surface area contributed by atoms with E-state index in [-0.39, 0.29) is 22.3 Å². The minimum atomic E-state index is -3.33. The predicted octanol–water partition coefficient (Wildman–Crippen LogP) is 3.58. The van der Waals surface area contributed by atoms with Crippen molar-refractivity contribution in [2.75, 3.05) is 6.26 Å². The molecule has 2 rings (SSSR count). The van der Waals surface area contributed by atoms with Gasteiger partial charge in [-0.25, -0.2) is 8.42 Å². The van der Waals surface area contributed by atoms with Crippen molar-refractivity contribution in [1.29, 1.82) is 0 Å². The highest BCUT2D eigenvalue weighted by Crippen LogP contribution is 2.28. The van der Waals surface area contributed by atoms with E-state index in [9.17, 15) is 13.2 Å². The van der Waals surface area contributed by atoms with Gasteiger partial charge in [-0.05, 0) is 42.5 Å². The molecule has 0 aliphatic carbocycles. The van der Waals surface area contributed by atoms with Gasteiger partial charge in [-0.15, -0.1) is 0 Å². The van der Waals surface area contributed by atoms with Crippen LogP contribution in [0.25, 0.3) is 0 Å². The molecule has 1 N–H and O–H groups in total. The molecule has 5 heteroatoms. The maximum Gasteiger partial charge on any atom is 0.251 e. The zero-order valence-electron chi connectivity index (χ0n) is 15.1. The summed E-state index contributed by atoms with van der Waals surface area (Å²) in [7, 11) is -3.33. The van der Waals surface area contributed by atoms with Crippen LogP contribution in [0.15, 0.2) is 59.5 Å². The summed E-state index contributed by atoms with van der Waals surface area (Å²) in [6.07, 6.45) is 1.91. The lowest BCUT2D eigenvalue weighted by Gasteiger charge is -2.29. The highest BCUT2D eigenvalue weighted by molar-refractivity contribution is 7.90. The van der Waals surface area contributed by atoms with Gasteiger partial charge in [0.2, 0.25) is 0 Å². The molecule has 0 spiro atoms. The Balaban J connectivity index is 2.08. The number of sulfone groups is 1. The van der Waals surface area contributed by atoms with E-state index >= 15 is 0 Å². The lowest BCUT2D eigenvalue weighted by molar-refractivity contribution is 0.0934. The molecule has 0 aromatic heterocycles. The number of hydrogen-bond donors (Lipinski definition) is 1. The van der Waals surface area contributed by atoms with Gasteiger partial charge in [0.15, 0.2) is 9.84 Å². The third kappa shape index (κ3) is 5.16. The number of amides is 1. The van der Waals surface area contributed by atoms with E-state index in [1.54, 1.807) is 12.1 Å². The Morgan fingerprint density at radius 1 is 1.08 bits per heavy atom. The summed E-state index contributed by atoms with van der Waals surface area (Å²) in [5.74, 6) is -0.262. The molecule has 4 nitrogen and oxygen atoms in total. The quantitative estimate of drug-likeness (QED) is 0.857. The molecule has 0 aliphatic heterocycles. The number of rotatable bonds is 6. The highest BCUT2D eigenvalue weighted by Gasteiger charge is 2.24. The molecule has 1 amide bonds. The molecule has 0 radical (unpaired) electrons. The van der Waals surface area contributed by atoms with Crippen molar-refractivity contribution in [3.05, 3.63) is 65.7 Å². The molecule has 134 valence electrons. The number of carbonyl (C=O) groups is 1. The molecule has 2 aromatic rings. The fraction of sp³-hybridized carbons (Fsp3) is 0.350. The largest absolute Gasteiger partial charge is 0.350 e. The molecule has 2 aromatic carbocycles. The highest BCUT2D eigenvalue weighted by atomic mass is 32.2. The number of benzene rings is 2. The first kappa shape index (κ1) is 19.2. The van der Waals surface area contributed by atoms with Crippen LogP contribution in [0.4, 0.5) is 0 Å². The molecule has 1 unspecified atom stereocenters. The van der Waals surface area contributed by atoms with Crippen LogP contribution in [0.3, 0.4) is 0 Å². The molecular formula is C20H25NO3S. The number of hydrogen-bond acceptors (Lipinski definition) is 3. The van der Waals surface area contributed by atoms with Crippen molar-refractivity contribution in [1.82, 2.24) is 5.32 Å². The monoisotopic (exact) mass is 359 g/mol. The molecule has 0 fully saturated rings. The van der Waals surface area contributed by atoms with Gasteiger partial charge in [0.05, 0.1) is 4.90 Å². The normalized spacial score (nSPS) is 13.3. The number of carbonyl (C=O) groups excluding carboxylic acids is 1. The van der Waals surface area contributed by atoms with Crippen LogP contribution in [-0.4, -0.2) is 26.6 Å². The smallest absolute Gasteiger partial charge is 0.251 e. The lowest BCUT2D eigenvalue weighted by atomic mass is 9.79. The zero-order valence-corrected chi connectivity index (χ0v) is 15.9. The molecule has 25 heavy (non-hydrogen) atoms. The molecular weight excluding hydrogens is 334 g/mol. The van der Waals surface area contributed by atoms with E-state index in [1.807, 2.05) is 25.1 Å². The SMILES string of the molecule is CC(CC(C)(C)c1ccccc1)NC(=O)c1cccc(S(C)(=O)=O)c1. The zero-order chi connectivity index (χ0) is 18.7. The van der Waals surface area contributed by atoms with Crippen LogP contribution in [0.1, 0.15) is 43.1 Å². The van der Waals surface area contributed by atoms with Gasteiger partial charge < -0.3 is 5.32 Å². The molecule has 0 heterocycles. The lowest BCUT2D eigenvalue weighted by Crippen LogP contribution is -2.37. The standard InChI is InChI=1S/C20H25NO3S/c1-15(14-20(2,3)17-10-6-5-7-11-17)21-19(22)16-9-8-12-18(13-16)25(4,23)24/h5-13,15H,14H2,1-4H3,(H,21,22). The van der Waals surface area contributed by atoms with Crippen molar-refractivity contribution in [3.8, 4) is 0 Å². The van der Waals surface area contributed by atoms with E-state index in [2.05, 4.69) is 31.3 Å². The topological polar surface area (TPSA) is 63.2 Å². The predicted molar refractivity (Wildman–Crippen MR) is 101 cm³/mol. The Morgan fingerprint density at radius 3 is 2.32 bits per heavy atom.